The van der Waals surface area contributed by atoms with Crippen LogP contribution in [0.15, 0.2) is 54.6 Å². The summed E-state index contributed by atoms with van der Waals surface area (Å²) in [7, 11) is 0. The Morgan fingerprint density at radius 1 is 1.00 bits per heavy atom. The Labute approximate surface area is 179 Å². The van der Waals surface area contributed by atoms with Crippen LogP contribution < -0.4 is 10.6 Å². The molecule has 4 rings (SSSR count). The summed E-state index contributed by atoms with van der Waals surface area (Å²) in [5.41, 5.74) is 3.63. The first-order valence-corrected chi connectivity index (χ1v) is 10.9. The number of carboxylic acids is 1. The van der Waals surface area contributed by atoms with Gasteiger partial charge in [-0.3, -0.25) is 4.79 Å². The van der Waals surface area contributed by atoms with Gasteiger partial charge in [0.1, 0.15) is 0 Å². The van der Waals surface area contributed by atoms with Crippen LogP contribution in [0, 0.1) is 6.92 Å². The number of benzene rings is 2. The van der Waals surface area contributed by atoms with Gasteiger partial charge in [0.05, 0.1) is 10.4 Å². The molecule has 1 aliphatic heterocycles. The van der Waals surface area contributed by atoms with E-state index in [9.17, 15) is 14.7 Å². The number of thiophene rings is 1. The van der Waals surface area contributed by atoms with Crippen molar-refractivity contribution in [1.29, 1.82) is 0 Å². The smallest absolute Gasteiger partial charge is 0.335 e. The van der Waals surface area contributed by atoms with Gasteiger partial charge in [0.25, 0.3) is 5.91 Å². The number of anilines is 1. The molecule has 0 radical (unpaired) electrons. The number of carboxylic acid groups (broad SMARTS) is 1. The van der Waals surface area contributed by atoms with Crippen LogP contribution in [-0.4, -0.2) is 30.1 Å². The summed E-state index contributed by atoms with van der Waals surface area (Å²) in [5, 5.41) is 15.8. The molecule has 1 fully saturated rings. The molecule has 3 aromatic rings. The highest BCUT2D eigenvalue weighted by molar-refractivity contribution is 7.14. The molecule has 0 spiro atoms. The van der Waals surface area contributed by atoms with Gasteiger partial charge in [-0.25, -0.2) is 4.79 Å². The minimum atomic E-state index is -1.02. The lowest BCUT2D eigenvalue weighted by atomic mass is 9.89. The maximum atomic E-state index is 12.5. The lowest BCUT2D eigenvalue weighted by molar-refractivity contribution is 0.0696. The largest absolute Gasteiger partial charge is 0.478 e. The SMILES string of the molecule is Cc1ccc(C(=O)Nc2cc(C(=O)O)cc(-c3ccc(C4CCNCC4)cc3)c2)s1. The van der Waals surface area contributed by atoms with E-state index in [1.165, 1.54) is 23.0 Å². The van der Waals surface area contributed by atoms with Crippen LogP contribution in [0.2, 0.25) is 0 Å². The number of amides is 1. The van der Waals surface area contributed by atoms with E-state index in [2.05, 4.69) is 22.8 Å². The molecule has 1 aromatic heterocycles. The average Bonchev–Trinajstić information content (AvgIpc) is 3.21. The van der Waals surface area contributed by atoms with Crippen molar-refractivity contribution in [2.24, 2.45) is 0 Å². The van der Waals surface area contributed by atoms with Crippen LogP contribution in [0.25, 0.3) is 11.1 Å². The quantitative estimate of drug-likeness (QED) is 0.534. The van der Waals surface area contributed by atoms with Crippen molar-refractivity contribution in [3.8, 4) is 11.1 Å². The van der Waals surface area contributed by atoms with Crippen LogP contribution in [0.4, 0.5) is 5.69 Å². The van der Waals surface area contributed by atoms with Gasteiger partial charge in [-0.15, -0.1) is 11.3 Å². The van der Waals surface area contributed by atoms with Gasteiger partial charge in [0.15, 0.2) is 0 Å². The molecule has 5 nitrogen and oxygen atoms in total. The number of aromatic carboxylic acids is 1. The Bertz CT molecular complexity index is 1070. The van der Waals surface area contributed by atoms with Gasteiger partial charge < -0.3 is 15.7 Å². The number of carbonyl (C=O) groups excluding carboxylic acids is 1. The Morgan fingerprint density at radius 2 is 1.73 bits per heavy atom. The second-order valence-corrected chi connectivity index (χ2v) is 8.90. The Kier molecular flexibility index (Phi) is 5.97. The molecular weight excluding hydrogens is 396 g/mol. The fraction of sp³-hybridized carbons (Fsp3) is 0.250. The number of aryl methyl sites for hydroxylation is 1. The normalized spacial score (nSPS) is 14.4. The average molecular weight is 421 g/mol. The van der Waals surface area contributed by atoms with Gasteiger partial charge in [-0.2, -0.15) is 0 Å². The second-order valence-electron chi connectivity index (χ2n) is 7.61. The van der Waals surface area contributed by atoms with E-state index in [0.29, 0.717) is 16.5 Å². The number of nitrogens with one attached hydrogen (secondary N) is 2. The predicted octanol–water partition coefficient (Wildman–Crippen LogP) is 5.14. The van der Waals surface area contributed by atoms with E-state index < -0.39 is 5.97 Å². The standard InChI is InChI=1S/C24H24N2O3S/c1-15-2-7-22(30-15)23(27)26-21-13-19(12-20(14-21)24(28)29)17-5-3-16(4-6-17)18-8-10-25-11-9-18/h2-7,12-14,18,25H,8-11H2,1H3,(H,26,27)(H,28,29). The second kappa shape index (κ2) is 8.81. The molecule has 1 aliphatic rings. The molecule has 154 valence electrons. The lowest BCUT2D eigenvalue weighted by Crippen LogP contribution is -2.26. The Balaban J connectivity index is 1.60. The molecule has 0 saturated carbocycles. The number of rotatable bonds is 5. The van der Waals surface area contributed by atoms with Crippen molar-refractivity contribution in [1.82, 2.24) is 5.32 Å². The molecule has 6 heteroatoms. The Morgan fingerprint density at radius 3 is 2.37 bits per heavy atom. The van der Waals surface area contributed by atoms with Crippen LogP contribution in [0.5, 0.6) is 0 Å². The molecule has 0 unspecified atom stereocenters. The maximum absolute atomic E-state index is 12.5. The van der Waals surface area contributed by atoms with Gasteiger partial charge >= 0.3 is 5.97 Å². The minimum Gasteiger partial charge on any atom is -0.478 e. The molecule has 1 amide bonds. The topological polar surface area (TPSA) is 78.4 Å². The summed E-state index contributed by atoms with van der Waals surface area (Å²) in [4.78, 5) is 25.8. The van der Waals surface area contributed by atoms with Crippen molar-refractivity contribution >= 4 is 28.9 Å². The lowest BCUT2D eigenvalue weighted by Gasteiger charge is -2.23. The highest BCUT2D eigenvalue weighted by atomic mass is 32.1. The summed E-state index contributed by atoms with van der Waals surface area (Å²) >= 11 is 1.41. The highest BCUT2D eigenvalue weighted by Crippen LogP contribution is 2.30. The van der Waals surface area contributed by atoms with E-state index in [1.54, 1.807) is 12.1 Å². The van der Waals surface area contributed by atoms with Crippen LogP contribution in [0.1, 0.15) is 49.2 Å². The van der Waals surface area contributed by atoms with Crippen LogP contribution in [0.3, 0.4) is 0 Å². The van der Waals surface area contributed by atoms with Gasteiger partial charge in [0.2, 0.25) is 0 Å². The summed E-state index contributed by atoms with van der Waals surface area (Å²) in [5.74, 6) is -0.691. The van der Waals surface area contributed by atoms with E-state index in [1.807, 2.05) is 31.2 Å². The summed E-state index contributed by atoms with van der Waals surface area (Å²) < 4.78 is 0. The first-order valence-electron chi connectivity index (χ1n) is 10.1. The molecule has 2 heterocycles. The monoisotopic (exact) mass is 420 g/mol. The first-order chi connectivity index (χ1) is 14.5. The molecule has 30 heavy (non-hydrogen) atoms. The van der Waals surface area contributed by atoms with E-state index in [-0.39, 0.29) is 11.5 Å². The molecule has 2 aromatic carbocycles. The molecular formula is C24H24N2O3S. The van der Waals surface area contributed by atoms with Crippen molar-refractivity contribution in [3.63, 3.8) is 0 Å². The van der Waals surface area contributed by atoms with E-state index in [0.717, 1.165) is 41.9 Å². The third-order valence-corrected chi connectivity index (χ3v) is 6.46. The number of hydrogen-bond donors (Lipinski definition) is 3. The zero-order chi connectivity index (χ0) is 21.1. The predicted molar refractivity (Wildman–Crippen MR) is 121 cm³/mol. The highest BCUT2D eigenvalue weighted by Gasteiger charge is 2.16. The molecule has 0 atom stereocenters. The molecule has 1 saturated heterocycles. The summed E-state index contributed by atoms with van der Waals surface area (Å²) in [6.45, 7) is 4.03. The van der Waals surface area contributed by atoms with Crippen molar-refractivity contribution in [2.75, 3.05) is 18.4 Å². The molecule has 0 aliphatic carbocycles. The Hall–Kier alpha value is -2.96. The molecule has 0 bridgehead atoms. The van der Waals surface area contributed by atoms with Crippen LogP contribution >= 0.6 is 11.3 Å². The number of hydrogen-bond acceptors (Lipinski definition) is 4. The number of carbonyl (C=O) groups is 2. The van der Waals surface area contributed by atoms with Crippen molar-refractivity contribution < 1.29 is 14.7 Å². The minimum absolute atomic E-state index is 0.146. The zero-order valence-electron chi connectivity index (χ0n) is 16.8. The third kappa shape index (κ3) is 4.61. The first kappa shape index (κ1) is 20.3. The fourth-order valence-electron chi connectivity index (χ4n) is 3.84. The fourth-order valence-corrected chi connectivity index (χ4v) is 4.60. The summed E-state index contributed by atoms with van der Waals surface area (Å²) in [6, 6.07) is 17.0. The zero-order valence-corrected chi connectivity index (χ0v) is 17.6. The summed E-state index contributed by atoms with van der Waals surface area (Å²) in [6.07, 6.45) is 2.26. The van der Waals surface area contributed by atoms with E-state index >= 15 is 0 Å². The van der Waals surface area contributed by atoms with Crippen LogP contribution in [-0.2, 0) is 0 Å². The van der Waals surface area contributed by atoms with Gasteiger partial charge in [-0.1, -0.05) is 24.3 Å². The van der Waals surface area contributed by atoms with Crippen molar-refractivity contribution in [3.05, 3.63) is 75.5 Å². The third-order valence-electron chi connectivity index (χ3n) is 5.46. The molecule has 3 N–H and O–H groups in total. The maximum Gasteiger partial charge on any atom is 0.335 e. The van der Waals surface area contributed by atoms with E-state index in [4.69, 9.17) is 0 Å². The van der Waals surface area contributed by atoms with Gasteiger partial charge in [-0.05, 0) is 85.8 Å². The number of piperidine rings is 1. The van der Waals surface area contributed by atoms with Crippen molar-refractivity contribution in [2.45, 2.75) is 25.7 Å². The van der Waals surface area contributed by atoms with Gasteiger partial charge in [0, 0.05) is 10.6 Å².